The van der Waals surface area contributed by atoms with Gasteiger partial charge in [0.2, 0.25) is 0 Å². The van der Waals surface area contributed by atoms with Crippen LogP contribution in [0.15, 0.2) is 42.5 Å². The van der Waals surface area contributed by atoms with Gasteiger partial charge in [0.05, 0.1) is 0 Å². The van der Waals surface area contributed by atoms with Gasteiger partial charge in [0.15, 0.2) is 0 Å². The first kappa shape index (κ1) is 14.1. The van der Waals surface area contributed by atoms with Crippen LogP contribution >= 0.6 is 15.9 Å². The van der Waals surface area contributed by atoms with E-state index in [0.29, 0.717) is 5.92 Å². The van der Waals surface area contributed by atoms with Crippen molar-refractivity contribution in [2.75, 3.05) is 0 Å². The second-order valence-corrected chi connectivity index (χ2v) is 5.64. The molecule has 2 rings (SSSR count). The molecule has 0 spiro atoms. The molecule has 0 heterocycles. The second-order valence-electron chi connectivity index (χ2n) is 5.08. The molecule has 19 heavy (non-hydrogen) atoms. The monoisotopic (exact) mass is 318 g/mol. The van der Waals surface area contributed by atoms with E-state index < -0.39 is 0 Å². The molecular weight excluding hydrogens is 300 g/mol. The molecule has 100 valence electrons. The van der Waals surface area contributed by atoms with Gasteiger partial charge in [-0.2, -0.15) is 0 Å². The van der Waals surface area contributed by atoms with Gasteiger partial charge < -0.3 is 4.74 Å². The fourth-order valence-electron chi connectivity index (χ4n) is 1.98. The molecule has 2 aromatic rings. The normalized spacial score (nSPS) is 10.8. The number of halogens is 1. The van der Waals surface area contributed by atoms with E-state index in [0.717, 1.165) is 16.8 Å². The summed E-state index contributed by atoms with van der Waals surface area (Å²) >= 11 is 3.45. The Morgan fingerprint density at radius 3 is 2.32 bits per heavy atom. The van der Waals surface area contributed by atoms with Crippen LogP contribution in [0.5, 0.6) is 11.5 Å². The lowest BCUT2D eigenvalue weighted by Crippen LogP contribution is -1.94. The molecule has 0 saturated heterocycles. The van der Waals surface area contributed by atoms with Gasteiger partial charge in [0.25, 0.3) is 0 Å². The molecule has 0 atom stereocenters. The Morgan fingerprint density at radius 2 is 1.74 bits per heavy atom. The van der Waals surface area contributed by atoms with Crippen LogP contribution < -0.4 is 4.74 Å². The van der Waals surface area contributed by atoms with Gasteiger partial charge in [-0.1, -0.05) is 54.0 Å². The Labute approximate surface area is 123 Å². The highest BCUT2D eigenvalue weighted by Crippen LogP contribution is 2.31. The fraction of sp³-hybridized carbons (Fsp3) is 0.294. The number of aryl methyl sites for hydroxylation is 1. The van der Waals surface area contributed by atoms with E-state index in [1.54, 1.807) is 0 Å². The lowest BCUT2D eigenvalue weighted by molar-refractivity contribution is 0.472. The SMILES string of the molecule is Cc1ccc(C(C)C)c(Oc2ccc(CBr)cc2)c1. The van der Waals surface area contributed by atoms with Crippen LogP contribution in [0.1, 0.15) is 36.5 Å². The molecule has 2 aromatic carbocycles. The Hall–Kier alpha value is -1.28. The molecule has 0 amide bonds. The number of hydrogen-bond donors (Lipinski definition) is 0. The van der Waals surface area contributed by atoms with Crippen molar-refractivity contribution in [1.82, 2.24) is 0 Å². The third-order valence-electron chi connectivity index (χ3n) is 3.10. The van der Waals surface area contributed by atoms with Gasteiger partial charge in [0, 0.05) is 5.33 Å². The molecule has 2 heteroatoms. The summed E-state index contributed by atoms with van der Waals surface area (Å²) in [6.45, 7) is 6.46. The zero-order chi connectivity index (χ0) is 13.8. The van der Waals surface area contributed by atoms with Crippen molar-refractivity contribution < 1.29 is 4.74 Å². The summed E-state index contributed by atoms with van der Waals surface area (Å²) in [6.07, 6.45) is 0. The van der Waals surface area contributed by atoms with Gasteiger partial charge in [-0.15, -0.1) is 0 Å². The molecule has 0 N–H and O–H groups in total. The van der Waals surface area contributed by atoms with Crippen molar-refractivity contribution >= 4 is 15.9 Å². The summed E-state index contributed by atoms with van der Waals surface area (Å²) in [6, 6.07) is 14.6. The van der Waals surface area contributed by atoms with E-state index in [-0.39, 0.29) is 0 Å². The van der Waals surface area contributed by atoms with Gasteiger partial charge in [0.1, 0.15) is 11.5 Å². The highest BCUT2D eigenvalue weighted by atomic mass is 79.9. The highest BCUT2D eigenvalue weighted by molar-refractivity contribution is 9.08. The molecule has 0 aromatic heterocycles. The number of hydrogen-bond acceptors (Lipinski definition) is 1. The maximum Gasteiger partial charge on any atom is 0.131 e. The molecule has 0 aliphatic rings. The largest absolute Gasteiger partial charge is 0.457 e. The molecule has 0 aliphatic carbocycles. The molecule has 0 unspecified atom stereocenters. The maximum atomic E-state index is 6.04. The summed E-state index contributed by atoms with van der Waals surface area (Å²) in [5.41, 5.74) is 3.72. The Balaban J connectivity index is 2.28. The third kappa shape index (κ3) is 3.60. The summed E-state index contributed by atoms with van der Waals surface area (Å²) in [5.74, 6) is 2.30. The van der Waals surface area contributed by atoms with E-state index in [2.05, 4.69) is 67.0 Å². The van der Waals surface area contributed by atoms with Crippen molar-refractivity contribution in [3.05, 3.63) is 59.2 Å². The minimum atomic E-state index is 0.456. The van der Waals surface area contributed by atoms with Crippen LogP contribution in [0.3, 0.4) is 0 Å². The van der Waals surface area contributed by atoms with Crippen LogP contribution in [-0.4, -0.2) is 0 Å². The van der Waals surface area contributed by atoms with E-state index in [1.807, 2.05) is 12.1 Å². The van der Waals surface area contributed by atoms with Gasteiger partial charge in [-0.3, -0.25) is 0 Å². The Morgan fingerprint density at radius 1 is 1.05 bits per heavy atom. The minimum absolute atomic E-state index is 0.456. The quantitative estimate of drug-likeness (QED) is 0.647. The molecule has 0 aliphatic heterocycles. The maximum absolute atomic E-state index is 6.04. The predicted octanol–water partition coefficient (Wildman–Crippen LogP) is 5.81. The zero-order valence-corrected chi connectivity index (χ0v) is 13.2. The molecule has 0 saturated carbocycles. The topological polar surface area (TPSA) is 9.23 Å². The molecule has 0 radical (unpaired) electrons. The second kappa shape index (κ2) is 6.25. The average molecular weight is 319 g/mol. The molecule has 0 fully saturated rings. The van der Waals surface area contributed by atoms with Crippen LogP contribution in [-0.2, 0) is 5.33 Å². The minimum Gasteiger partial charge on any atom is -0.457 e. The molecule has 1 nitrogen and oxygen atoms in total. The van der Waals surface area contributed by atoms with Crippen molar-refractivity contribution in [2.45, 2.75) is 32.0 Å². The Bertz CT molecular complexity index is 544. The van der Waals surface area contributed by atoms with Crippen LogP contribution in [0.4, 0.5) is 0 Å². The summed E-state index contributed by atoms with van der Waals surface area (Å²) < 4.78 is 6.04. The van der Waals surface area contributed by atoms with Gasteiger partial charge >= 0.3 is 0 Å². The third-order valence-corrected chi connectivity index (χ3v) is 3.74. The van der Waals surface area contributed by atoms with Crippen molar-refractivity contribution in [2.24, 2.45) is 0 Å². The smallest absolute Gasteiger partial charge is 0.131 e. The lowest BCUT2D eigenvalue weighted by Gasteiger charge is -2.14. The average Bonchev–Trinajstić information content (AvgIpc) is 2.39. The van der Waals surface area contributed by atoms with Crippen molar-refractivity contribution in [3.8, 4) is 11.5 Å². The predicted molar refractivity (Wildman–Crippen MR) is 84.4 cm³/mol. The fourth-order valence-corrected chi connectivity index (χ4v) is 2.35. The van der Waals surface area contributed by atoms with Gasteiger partial charge in [-0.05, 0) is 47.7 Å². The first-order valence-corrected chi connectivity index (χ1v) is 7.65. The molecule has 0 bridgehead atoms. The zero-order valence-electron chi connectivity index (χ0n) is 11.6. The first-order chi connectivity index (χ1) is 9.10. The van der Waals surface area contributed by atoms with E-state index in [4.69, 9.17) is 4.74 Å². The van der Waals surface area contributed by atoms with E-state index in [1.165, 1.54) is 16.7 Å². The number of rotatable bonds is 4. The van der Waals surface area contributed by atoms with Crippen molar-refractivity contribution in [1.29, 1.82) is 0 Å². The summed E-state index contributed by atoms with van der Waals surface area (Å²) in [7, 11) is 0. The first-order valence-electron chi connectivity index (χ1n) is 6.53. The van der Waals surface area contributed by atoms with Crippen molar-refractivity contribution in [3.63, 3.8) is 0 Å². The van der Waals surface area contributed by atoms with E-state index in [9.17, 15) is 0 Å². The molecular formula is C17H19BrO. The number of benzene rings is 2. The standard InChI is InChI=1S/C17H19BrO/c1-12(2)16-9-4-13(3)10-17(16)19-15-7-5-14(11-18)6-8-15/h4-10,12H,11H2,1-3H3. The lowest BCUT2D eigenvalue weighted by atomic mass is 10.0. The number of alkyl halides is 1. The van der Waals surface area contributed by atoms with Crippen LogP contribution in [0, 0.1) is 6.92 Å². The van der Waals surface area contributed by atoms with Crippen LogP contribution in [0.2, 0.25) is 0 Å². The summed E-state index contributed by atoms with van der Waals surface area (Å²) in [4.78, 5) is 0. The highest BCUT2D eigenvalue weighted by Gasteiger charge is 2.09. The Kier molecular flexibility index (Phi) is 4.65. The number of ether oxygens (including phenoxy) is 1. The summed E-state index contributed by atoms with van der Waals surface area (Å²) in [5, 5.41) is 0.870. The van der Waals surface area contributed by atoms with Gasteiger partial charge in [-0.25, -0.2) is 0 Å². The van der Waals surface area contributed by atoms with E-state index >= 15 is 0 Å². The van der Waals surface area contributed by atoms with Crippen LogP contribution in [0.25, 0.3) is 0 Å².